The Labute approximate surface area is 339 Å². The number of aromatic nitrogens is 2. The zero-order valence-electron chi connectivity index (χ0n) is 32.8. The smallest absolute Gasteiger partial charge is 0.180 e. The lowest BCUT2D eigenvalue weighted by atomic mass is 9.67. The van der Waals surface area contributed by atoms with Crippen LogP contribution < -0.4 is 0 Å². The molecule has 3 aliphatic rings. The van der Waals surface area contributed by atoms with Gasteiger partial charge >= 0.3 is 0 Å². The molecule has 0 unspecified atom stereocenters. The van der Waals surface area contributed by atoms with Crippen LogP contribution in [0.15, 0.2) is 162 Å². The van der Waals surface area contributed by atoms with E-state index in [9.17, 15) is 0 Å². The van der Waals surface area contributed by atoms with Crippen LogP contribution in [0.3, 0.4) is 0 Å². The van der Waals surface area contributed by atoms with Crippen LogP contribution in [0.2, 0.25) is 0 Å². The Balaban J connectivity index is 0.919. The molecule has 9 aromatic rings. The van der Waals surface area contributed by atoms with Gasteiger partial charge in [-0.25, -0.2) is 9.97 Å². The summed E-state index contributed by atoms with van der Waals surface area (Å²) in [6.45, 7) is 4.82. The highest BCUT2D eigenvalue weighted by Crippen LogP contribution is 2.60. The Morgan fingerprint density at radius 1 is 0.448 bits per heavy atom. The molecule has 0 amide bonds. The topological polar surface area (TPSA) is 38.9 Å². The predicted molar refractivity (Wildman–Crippen MR) is 238 cm³/mol. The zero-order chi connectivity index (χ0) is 38.6. The summed E-state index contributed by atoms with van der Waals surface area (Å²) in [5, 5.41) is 0.994. The highest BCUT2D eigenvalue weighted by Gasteiger charge is 2.46. The van der Waals surface area contributed by atoms with Crippen molar-refractivity contribution >= 4 is 22.1 Å². The minimum absolute atomic E-state index is 0.0709. The van der Waals surface area contributed by atoms with E-state index >= 15 is 0 Å². The molecule has 58 heavy (non-hydrogen) atoms. The molecule has 0 saturated heterocycles. The summed E-state index contributed by atoms with van der Waals surface area (Å²) in [5.41, 5.74) is 21.7. The molecule has 3 nitrogen and oxygen atoms in total. The minimum atomic E-state index is -0.0709. The quantitative estimate of drug-likeness (QED) is 0.180. The first kappa shape index (κ1) is 33.5. The molecule has 2 aromatic heterocycles. The van der Waals surface area contributed by atoms with E-state index in [2.05, 4.69) is 135 Å². The molecule has 0 N–H and O–H groups in total. The fourth-order valence-electron chi connectivity index (χ4n) is 10.8. The summed E-state index contributed by atoms with van der Waals surface area (Å²) in [4.78, 5) is 10.1. The second kappa shape index (κ2) is 12.5. The second-order valence-electron chi connectivity index (χ2n) is 17.2. The Bertz CT molecular complexity index is 3110. The van der Waals surface area contributed by atoms with E-state index in [1.807, 2.05) is 36.4 Å². The lowest BCUT2D eigenvalue weighted by Gasteiger charge is -2.36. The molecule has 0 atom stereocenters. The fraction of sp³-hybridized carbons (Fsp3) is 0.164. The van der Waals surface area contributed by atoms with Gasteiger partial charge in [-0.15, -0.1) is 0 Å². The maximum absolute atomic E-state index is 6.42. The number of furan rings is 1. The van der Waals surface area contributed by atoms with Gasteiger partial charge in [-0.1, -0.05) is 154 Å². The van der Waals surface area contributed by atoms with Crippen molar-refractivity contribution in [2.24, 2.45) is 0 Å². The van der Waals surface area contributed by atoms with Gasteiger partial charge in [-0.2, -0.15) is 0 Å². The van der Waals surface area contributed by atoms with Crippen LogP contribution in [-0.2, 0) is 10.8 Å². The summed E-state index contributed by atoms with van der Waals surface area (Å²) < 4.78 is 6.42. The molecule has 7 aromatic carbocycles. The number of benzene rings is 7. The monoisotopic (exact) mass is 746 g/mol. The van der Waals surface area contributed by atoms with Gasteiger partial charge in [0.25, 0.3) is 0 Å². The lowest BCUT2D eigenvalue weighted by molar-refractivity contribution is 0.353. The molecule has 1 saturated carbocycles. The summed E-state index contributed by atoms with van der Waals surface area (Å²) >= 11 is 0. The maximum atomic E-state index is 6.42. The van der Waals surface area contributed by atoms with Gasteiger partial charge in [0.05, 0.1) is 0 Å². The van der Waals surface area contributed by atoms with E-state index in [1.165, 1.54) is 82.2 Å². The Hall–Kier alpha value is -6.58. The standard InChI is InChI=1S/C55H42N2O/c1-54(2)45-27-26-39(31-42(45)44-33-48-43(32-47(44)54)40-18-7-9-20-46(40)55(48)28-11-4-12-29-55)38-17-13-16-37(30-38)34-22-24-35(25-23-34)50-52-51(41-19-8-10-21-49(41)58-52)57-53(56-50)36-14-5-3-6-15-36/h3,5-10,13-27,30-33H,4,11-12,28-29H2,1-2H3. The van der Waals surface area contributed by atoms with Gasteiger partial charge in [0, 0.05) is 27.3 Å². The summed E-state index contributed by atoms with van der Waals surface area (Å²) in [7, 11) is 0. The fourth-order valence-corrected chi connectivity index (χ4v) is 10.8. The largest absolute Gasteiger partial charge is 0.452 e. The Morgan fingerprint density at radius 3 is 1.93 bits per heavy atom. The van der Waals surface area contributed by atoms with E-state index in [0.717, 1.165) is 38.9 Å². The maximum Gasteiger partial charge on any atom is 0.180 e. The summed E-state index contributed by atoms with van der Waals surface area (Å²) in [6, 6.07) is 57.6. The van der Waals surface area contributed by atoms with Crippen molar-refractivity contribution in [2.75, 3.05) is 0 Å². The molecule has 0 bridgehead atoms. The number of rotatable bonds is 4. The average Bonchev–Trinajstić information content (AvgIpc) is 3.86. The van der Waals surface area contributed by atoms with Gasteiger partial charge in [0.15, 0.2) is 11.4 Å². The third-order valence-electron chi connectivity index (χ3n) is 13.7. The van der Waals surface area contributed by atoms with Crippen LogP contribution >= 0.6 is 0 Å². The highest BCUT2D eigenvalue weighted by molar-refractivity contribution is 6.07. The van der Waals surface area contributed by atoms with Crippen LogP contribution in [0.1, 0.15) is 68.2 Å². The summed E-state index contributed by atoms with van der Waals surface area (Å²) in [5.74, 6) is 0.690. The van der Waals surface area contributed by atoms with Crippen molar-refractivity contribution in [3.63, 3.8) is 0 Å². The molecule has 2 heterocycles. The Morgan fingerprint density at radius 2 is 1.09 bits per heavy atom. The predicted octanol–water partition coefficient (Wildman–Crippen LogP) is 14.6. The molecule has 12 rings (SSSR count). The third kappa shape index (κ3) is 4.86. The van der Waals surface area contributed by atoms with E-state index in [0.29, 0.717) is 11.4 Å². The second-order valence-corrected chi connectivity index (χ2v) is 17.2. The summed E-state index contributed by atoms with van der Waals surface area (Å²) in [6.07, 6.45) is 6.44. The van der Waals surface area contributed by atoms with E-state index < -0.39 is 0 Å². The van der Waals surface area contributed by atoms with Crippen LogP contribution in [0.5, 0.6) is 0 Å². The first-order valence-electron chi connectivity index (χ1n) is 20.9. The molecule has 1 spiro atoms. The Kier molecular flexibility index (Phi) is 7.21. The molecule has 0 radical (unpaired) electrons. The molecular formula is C55H42N2O. The average molecular weight is 747 g/mol. The van der Waals surface area contributed by atoms with Crippen molar-refractivity contribution in [3.05, 3.63) is 180 Å². The van der Waals surface area contributed by atoms with Crippen LogP contribution in [-0.4, -0.2) is 9.97 Å². The van der Waals surface area contributed by atoms with Gasteiger partial charge in [0.1, 0.15) is 16.8 Å². The van der Waals surface area contributed by atoms with Crippen molar-refractivity contribution in [2.45, 2.75) is 56.8 Å². The SMILES string of the molecule is CC1(C)c2ccc(-c3cccc(-c4ccc(-c5nc(-c6ccccc6)nc6c5oc5ccccc56)cc4)c3)cc2-c2cc3c(cc21)-c1ccccc1C31CCCCC1. The van der Waals surface area contributed by atoms with Crippen LogP contribution in [0, 0.1) is 0 Å². The number of hydrogen-bond acceptors (Lipinski definition) is 3. The lowest BCUT2D eigenvalue weighted by Crippen LogP contribution is -2.28. The number of fused-ring (bicyclic) bond motifs is 11. The van der Waals surface area contributed by atoms with Gasteiger partial charge in [0.2, 0.25) is 0 Å². The van der Waals surface area contributed by atoms with Crippen molar-refractivity contribution in [3.8, 4) is 67.2 Å². The third-order valence-corrected chi connectivity index (χ3v) is 13.7. The molecule has 278 valence electrons. The van der Waals surface area contributed by atoms with Crippen molar-refractivity contribution < 1.29 is 4.42 Å². The highest BCUT2D eigenvalue weighted by atomic mass is 16.3. The molecule has 3 heteroatoms. The van der Waals surface area contributed by atoms with Crippen LogP contribution in [0.25, 0.3) is 89.2 Å². The first-order valence-corrected chi connectivity index (χ1v) is 20.9. The van der Waals surface area contributed by atoms with Crippen molar-refractivity contribution in [1.29, 1.82) is 0 Å². The number of hydrogen-bond donors (Lipinski definition) is 0. The van der Waals surface area contributed by atoms with Gasteiger partial charge in [-0.05, 0) is 116 Å². The number of nitrogens with zero attached hydrogens (tertiary/aromatic N) is 2. The molecule has 3 aliphatic carbocycles. The van der Waals surface area contributed by atoms with E-state index in [-0.39, 0.29) is 10.8 Å². The van der Waals surface area contributed by atoms with Gasteiger partial charge in [-0.3, -0.25) is 0 Å². The molecular weight excluding hydrogens is 705 g/mol. The van der Waals surface area contributed by atoms with E-state index in [1.54, 1.807) is 11.1 Å². The zero-order valence-corrected chi connectivity index (χ0v) is 32.8. The van der Waals surface area contributed by atoms with Gasteiger partial charge < -0.3 is 4.42 Å². The first-order chi connectivity index (χ1) is 28.5. The van der Waals surface area contributed by atoms with E-state index in [4.69, 9.17) is 14.4 Å². The number of para-hydroxylation sites is 1. The normalized spacial score (nSPS) is 15.7. The van der Waals surface area contributed by atoms with Crippen LogP contribution in [0.4, 0.5) is 0 Å². The molecule has 1 fully saturated rings. The van der Waals surface area contributed by atoms with Crippen molar-refractivity contribution in [1.82, 2.24) is 9.97 Å². The molecule has 0 aliphatic heterocycles. The minimum Gasteiger partial charge on any atom is -0.452 e.